The molecule has 16 heteroatoms. The summed E-state index contributed by atoms with van der Waals surface area (Å²) in [5, 5.41) is 12.3. The maximum atomic E-state index is 12.6. The van der Waals surface area contributed by atoms with E-state index in [1.54, 1.807) is 28.9 Å². The average Bonchev–Trinajstić information content (AvgIpc) is 4.13. The second-order valence-corrected chi connectivity index (χ2v) is 21.4. The van der Waals surface area contributed by atoms with Gasteiger partial charge in [0.2, 0.25) is 11.8 Å². The van der Waals surface area contributed by atoms with Crippen molar-refractivity contribution in [3.05, 3.63) is 179 Å². The van der Waals surface area contributed by atoms with Crippen molar-refractivity contribution in [2.45, 2.75) is 108 Å². The van der Waals surface area contributed by atoms with Gasteiger partial charge in [-0.25, -0.2) is 9.36 Å². The number of carbonyl (C=O) groups excluding carboxylic acids is 4. The number of halogens is 1. The summed E-state index contributed by atoms with van der Waals surface area (Å²) >= 11 is 0. The first-order chi connectivity index (χ1) is 38.5. The molecule has 2 aromatic heterocycles. The van der Waals surface area contributed by atoms with E-state index in [4.69, 9.17) is 49.2 Å². The fraction of sp³-hybridized carbons (Fsp3) is 0.318. The summed E-state index contributed by atoms with van der Waals surface area (Å²) in [6, 6.07) is 43.4. The molecule has 434 valence electrons. The molecule has 0 atom stereocenters. The molecular weight excluding hydrogens is 1060 g/mol. The first-order valence-electron chi connectivity index (χ1n) is 27.1. The Balaban J connectivity index is 0.000000308. The van der Waals surface area contributed by atoms with Gasteiger partial charge in [0.15, 0.2) is 0 Å². The molecule has 3 N–H and O–H groups in total. The Labute approximate surface area is 489 Å². The Morgan fingerprint density at radius 3 is 1.30 bits per heavy atom. The molecular formula is C66H79ClN6O9. The Morgan fingerprint density at radius 1 is 0.573 bits per heavy atom. The molecule has 8 rings (SSSR count). The quantitative estimate of drug-likeness (QED) is 0.0823. The fourth-order valence-electron chi connectivity index (χ4n) is 7.85. The van der Waals surface area contributed by atoms with E-state index >= 15 is 0 Å². The highest BCUT2D eigenvalue weighted by Gasteiger charge is 2.20. The van der Waals surface area contributed by atoms with Crippen LogP contribution in [0.15, 0.2) is 146 Å². The van der Waals surface area contributed by atoms with Crippen LogP contribution in [0.3, 0.4) is 0 Å². The molecule has 2 heterocycles. The number of hydrogen-bond acceptors (Lipinski definition) is 12. The van der Waals surface area contributed by atoms with Gasteiger partial charge in [-0.1, -0.05) is 110 Å². The topological polar surface area (TPSA) is 188 Å². The van der Waals surface area contributed by atoms with Crippen LogP contribution in [0.1, 0.15) is 106 Å². The minimum absolute atomic E-state index is 0. The second-order valence-electron chi connectivity index (χ2n) is 21.4. The van der Waals surface area contributed by atoms with Gasteiger partial charge in [0.05, 0.1) is 30.8 Å². The lowest BCUT2D eigenvalue weighted by Crippen LogP contribution is -2.29. The van der Waals surface area contributed by atoms with E-state index in [1.165, 1.54) is 11.1 Å². The Hall–Kier alpha value is -8.49. The van der Waals surface area contributed by atoms with Crippen molar-refractivity contribution < 1.29 is 42.9 Å². The number of ether oxygens (including phenoxy) is 5. The van der Waals surface area contributed by atoms with Crippen molar-refractivity contribution in [2.75, 3.05) is 26.3 Å². The van der Waals surface area contributed by atoms with Gasteiger partial charge in [0.1, 0.15) is 40.0 Å². The van der Waals surface area contributed by atoms with Gasteiger partial charge in [0.25, 0.3) is 5.91 Å². The van der Waals surface area contributed by atoms with Crippen molar-refractivity contribution >= 4 is 30.4 Å². The molecule has 0 saturated carbocycles. The number of carbonyl (C=O) groups is 2. The van der Waals surface area contributed by atoms with Crippen LogP contribution in [0.5, 0.6) is 34.8 Å². The monoisotopic (exact) mass is 1130 g/mol. The summed E-state index contributed by atoms with van der Waals surface area (Å²) in [5.74, 6) is 3.15. The van der Waals surface area contributed by atoms with Gasteiger partial charge in [0, 0.05) is 24.5 Å². The zero-order chi connectivity index (χ0) is 59.3. The van der Waals surface area contributed by atoms with Gasteiger partial charge < -0.3 is 34.7 Å². The van der Waals surface area contributed by atoms with Crippen molar-refractivity contribution in [3.8, 4) is 68.4 Å². The summed E-state index contributed by atoms with van der Waals surface area (Å²) in [6.45, 7) is 28.3. The zero-order valence-electron chi connectivity index (χ0n) is 49.5. The normalized spacial score (nSPS) is 10.7. The number of aromatic nitrogens is 4. The van der Waals surface area contributed by atoms with Crippen LogP contribution in [-0.4, -0.2) is 69.5 Å². The van der Waals surface area contributed by atoms with Crippen LogP contribution < -0.4 is 30.0 Å². The van der Waals surface area contributed by atoms with Gasteiger partial charge in [-0.2, -0.15) is 9.59 Å². The van der Waals surface area contributed by atoms with Crippen molar-refractivity contribution in [1.29, 1.82) is 0 Å². The maximum absolute atomic E-state index is 12.6. The molecule has 0 aliphatic carbocycles. The smallest absolute Gasteiger partial charge is 0.373 e. The SMILES string of the molecule is CC(C)(C)CCN.CCOc1ccc(C)cc1-n1cc(-c2ccc(C)cc2)c(Oc2ccc(C(=O)NCCC(=O)OC(C)(C)C)cc2)n1.CCOc1ccc(C)cc1-n1cc(-c2ccc(C)cc2)c(Oc2ccc(C)cc2)n1.Cl.O=C=O. The number of benzene rings is 6. The van der Waals surface area contributed by atoms with Crippen LogP contribution in [-0.2, 0) is 19.1 Å². The number of rotatable bonds is 17. The van der Waals surface area contributed by atoms with E-state index in [0.717, 1.165) is 80.5 Å². The van der Waals surface area contributed by atoms with E-state index in [-0.39, 0.29) is 43.4 Å². The number of nitrogens with two attached hydrogens (primary N) is 1. The molecule has 0 saturated heterocycles. The average molecular weight is 1140 g/mol. The van der Waals surface area contributed by atoms with Crippen molar-refractivity contribution in [1.82, 2.24) is 24.9 Å². The number of nitrogens with zero attached hydrogens (tertiary/aromatic N) is 4. The number of nitrogens with one attached hydrogen (secondary N) is 1. The van der Waals surface area contributed by atoms with Crippen LogP contribution in [0, 0.1) is 40.0 Å². The van der Waals surface area contributed by atoms with Gasteiger partial charge in [-0.3, -0.25) is 9.59 Å². The summed E-state index contributed by atoms with van der Waals surface area (Å²) in [4.78, 5) is 40.7. The first-order valence-corrected chi connectivity index (χ1v) is 27.1. The lowest BCUT2D eigenvalue weighted by Gasteiger charge is -2.19. The molecule has 0 fully saturated rings. The highest BCUT2D eigenvalue weighted by molar-refractivity contribution is 5.94. The molecule has 1 amide bonds. The van der Waals surface area contributed by atoms with Crippen LogP contribution in [0.4, 0.5) is 0 Å². The Kier molecular flexibility index (Phi) is 25.4. The predicted molar refractivity (Wildman–Crippen MR) is 325 cm³/mol. The lowest BCUT2D eigenvalue weighted by molar-refractivity contribution is -0.191. The summed E-state index contributed by atoms with van der Waals surface area (Å²) in [5.41, 5.74) is 16.9. The molecule has 8 aromatic rings. The van der Waals surface area contributed by atoms with Crippen molar-refractivity contribution in [2.24, 2.45) is 11.1 Å². The third-order valence-corrected chi connectivity index (χ3v) is 11.9. The molecule has 0 spiro atoms. The predicted octanol–water partition coefficient (Wildman–Crippen LogP) is 14.7. The number of aryl methyl sites for hydroxylation is 5. The highest BCUT2D eigenvalue weighted by atomic mass is 35.5. The molecule has 0 radical (unpaired) electrons. The number of amides is 1. The number of hydrogen-bond donors (Lipinski definition) is 2. The third-order valence-electron chi connectivity index (χ3n) is 11.9. The standard InChI is InChI=1S/C33H37N3O5.C26H26N2O2.C6H15N.CO2.ClH/c1-7-39-29-17-10-23(3)20-28(29)36-21-27(24-11-8-22(2)9-12-24)32(35-36)40-26-15-13-25(14-16-26)31(38)34-19-18-30(37)41-33(4,5)6;1-5-29-25-15-10-20(4)16-24(25)28-17-23(21-11-6-18(2)7-12-21)26(27-28)30-22-13-8-19(3)9-14-22;1-6(2,3)4-5-7;2-1-3;/h8-17,20-21H,7,18-19H2,1-6H3,(H,34,38);6-17H,5H2,1-4H3;4-5,7H2,1-3H3;;1H. The van der Waals surface area contributed by atoms with Gasteiger partial charge in [-0.15, -0.1) is 22.6 Å². The Bertz CT molecular complexity index is 3320. The van der Waals surface area contributed by atoms with E-state index in [0.29, 0.717) is 41.7 Å². The molecule has 82 heavy (non-hydrogen) atoms. The number of esters is 1. The molecule has 0 unspecified atom stereocenters. The third kappa shape index (κ3) is 20.9. The van der Waals surface area contributed by atoms with Gasteiger partial charge in [-0.05, 0) is 171 Å². The fourth-order valence-corrected chi connectivity index (χ4v) is 7.85. The lowest BCUT2D eigenvalue weighted by atomic mass is 9.93. The Morgan fingerprint density at radius 2 is 0.951 bits per heavy atom. The van der Waals surface area contributed by atoms with Crippen LogP contribution in [0.25, 0.3) is 33.6 Å². The van der Waals surface area contributed by atoms with Crippen molar-refractivity contribution in [3.63, 3.8) is 0 Å². The van der Waals surface area contributed by atoms with E-state index in [9.17, 15) is 9.59 Å². The van der Waals surface area contributed by atoms with Crippen LogP contribution >= 0.6 is 12.4 Å². The first kappa shape index (κ1) is 66.0. The summed E-state index contributed by atoms with van der Waals surface area (Å²) < 4.78 is 33.1. The second kappa shape index (κ2) is 31.5. The van der Waals surface area contributed by atoms with E-state index < -0.39 is 5.60 Å². The minimum atomic E-state index is -0.558. The van der Waals surface area contributed by atoms with Gasteiger partial charge >= 0.3 is 12.1 Å². The maximum Gasteiger partial charge on any atom is 0.373 e. The summed E-state index contributed by atoms with van der Waals surface area (Å²) in [7, 11) is 0. The zero-order valence-corrected chi connectivity index (χ0v) is 50.4. The van der Waals surface area contributed by atoms with E-state index in [1.807, 2.05) is 144 Å². The molecule has 15 nitrogen and oxygen atoms in total. The molecule has 0 bridgehead atoms. The summed E-state index contributed by atoms with van der Waals surface area (Å²) in [6.07, 6.45) is 5.41. The highest BCUT2D eigenvalue weighted by Crippen LogP contribution is 2.37. The molecule has 6 aromatic carbocycles. The van der Waals surface area contributed by atoms with Crippen LogP contribution in [0.2, 0.25) is 0 Å². The minimum Gasteiger partial charge on any atom is -0.492 e. The molecule has 0 aliphatic heterocycles. The largest absolute Gasteiger partial charge is 0.492 e. The van der Waals surface area contributed by atoms with E-state index in [2.05, 4.69) is 77.2 Å². The molecule has 0 aliphatic rings.